The maximum Gasteiger partial charge on any atom is 0.340 e. The summed E-state index contributed by atoms with van der Waals surface area (Å²) in [6.07, 6.45) is 0.859. The summed E-state index contributed by atoms with van der Waals surface area (Å²) in [5.41, 5.74) is 10.4. The number of hydrogen-bond acceptors (Lipinski definition) is 4. The number of ether oxygens (including phenoxy) is 2. The highest BCUT2D eigenvalue weighted by molar-refractivity contribution is 6.48. The number of carbonyl (C=O) groups excluding carboxylic acids is 1. The predicted octanol–water partition coefficient (Wildman–Crippen LogP) is 7.92. The molecule has 5 nitrogen and oxygen atoms in total. The molecule has 2 aromatic carbocycles. The van der Waals surface area contributed by atoms with E-state index in [4.69, 9.17) is 13.9 Å². The maximum absolute atomic E-state index is 13.2. The van der Waals surface area contributed by atoms with Gasteiger partial charge in [-0.25, -0.2) is 4.79 Å². The predicted molar refractivity (Wildman–Crippen MR) is 165 cm³/mol. The van der Waals surface area contributed by atoms with Crippen molar-refractivity contribution in [1.29, 1.82) is 0 Å². The Kier molecular flexibility index (Phi) is 7.75. The second-order valence-electron chi connectivity index (χ2n) is 11.6. The summed E-state index contributed by atoms with van der Waals surface area (Å²) in [6, 6.07) is 22.8. The van der Waals surface area contributed by atoms with Crippen molar-refractivity contribution in [2.24, 2.45) is 0 Å². The normalized spacial score (nSPS) is 12.1. The Labute approximate surface area is 238 Å². The quantitative estimate of drug-likeness (QED) is 0.137. The highest BCUT2D eigenvalue weighted by atomic mass is 28.3. The molecule has 0 unspecified atom stereocenters. The second-order valence-corrected chi connectivity index (χ2v) is 14.1. The molecule has 3 heterocycles. The van der Waals surface area contributed by atoms with Crippen LogP contribution in [0.5, 0.6) is 5.75 Å². The van der Waals surface area contributed by atoms with Crippen molar-refractivity contribution >= 4 is 31.6 Å². The third-order valence-electron chi connectivity index (χ3n) is 7.52. The molecule has 0 saturated carbocycles. The molecule has 3 aromatic heterocycles. The Morgan fingerprint density at radius 3 is 2.17 bits per heavy atom. The van der Waals surface area contributed by atoms with Gasteiger partial charge in [-0.3, -0.25) is 0 Å². The summed E-state index contributed by atoms with van der Waals surface area (Å²) >= 11 is 0. The fourth-order valence-electron chi connectivity index (χ4n) is 5.65. The first-order chi connectivity index (χ1) is 19.2. The summed E-state index contributed by atoms with van der Waals surface area (Å²) in [5, 5.41) is 0. The smallest absolute Gasteiger partial charge is 0.340 e. The molecule has 0 saturated heterocycles. The van der Waals surface area contributed by atoms with E-state index in [1.54, 1.807) is 0 Å². The van der Waals surface area contributed by atoms with Gasteiger partial charge in [0.15, 0.2) is 9.04 Å². The van der Waals surface area contributed by atoms with Crippen molar-refractivity contribution in [2.75, 3.05) is 7.11 Å². The number of rotatable bonds is 9. The molecule has 0 fully saturated rings. The molecular weight excluding hydrogens is 514 g/mol. The average Bonchev–Trinajstić information content (AvgIpc) is 3.45. The van der Waals surface area contributed by atoms with E-state index >= 15 is 0 Å². The highest BCUT2D eigenvalue weighted by Gasteiger charge is 2.32. The van der Waals surface area contributed by atoms with Crippen LogP contribution in [0.25, 0.3) is 27.7 Å². The van der Waals surface area contributed by atoms with Crippen molar-refractivity contribution in [3.63, 3.8) is 0 Å². The fraction of sp³-hybridized carbons (Fsp3) is 0.324. The van der Waals surface area contributed by atoms with Gasteiger partial charge >= 0.3 is 5.97 Å². The number of methoxy groups -OCH3 is 1. The lowest BCUT2D eigenvalue weighted by molar-refractivity contribution is 0.0600. The van der Waals surface area contributed by atoms with E-state index < -0.39 is 9.04 Å². The Balaban J connectivity index is 1.74. The van der Waals surface area contributed by atoms with Crippen molar-refractivity contribution < 1.29 is 18.7 Å². The van der Waals surface area contributed by atoms with Gasteiger partial charge in [-0.2, -0.15) is 0 Å². The molecule has 0 N–H and O–H groups in total. The Bertz CT molecular complexity index is 1630. The van der Waals surface area contributed by atoms with E-state index in [1.807, 2.05) is 30.3 Å². The van der Waals surface area contributed by atoms with Crippen molar-refractivity contribution in [3.8, 4) is 16.9 Å². The molecule has 0 aliphatic rings. The minimum absolute atomic E-state index is 0.0804. The minimum atomic E-state index is -1.35. The molecule has 0 amide bonds. The number of hydrogen-bond donors (Lipinski definition) is 0. The summed E-state index contributed by atoms with van der Waals surface area (Å²) in [5.74, 6) is 0.494. The molecule has 40 heavy (non-hydrogen) atoms. The van der Waals surface area contributed by atoms with Gasteiger partial charge in [0.25, 0.3) is 0 Å². The number of pyridine rings is 1. The molecule has 6 heteroatoms. The first-order valence-electron chi connectivity index (χ1n) is 14.1. The molecule has 5 rings (SSSR count). The van der Waals surface area contributed by atoms with Crippen LogP contribution >= 0.6 is 0 Å². The minimum Gasteiger partial charge on any atom is -0.489 e. The first-order valence-corrected chi connectivity index (χ1v) is 16.9. The van der Waals surface area contributed by atoms with Gasteiger partial charge in [-0.05, 0) is 65.4 Å². The number of carbonyl (C=O) groups is 1. The average molecular weight is 554 g/mol. The van der Waals surface area contributed by atoms with Crippen molar-refractivity contribution in [1.82, 2.24) is 4.40 Å². The molecule has 0 aliphatic carbocycles. The van der Waals surface area contributed by atoms with Crippen LogP contribution in [-0.4, -0.2) is 26.5 Å². The zero-order chi connectivity index (χ0) is 28.6. The van der Waals surface area contributed by atoms with Crippen LogP contribution in [0.3, 0.4) is 0 Å². The van der Waals surface area contributed by atoms with E-state index in [-0.39, 0.29) is 11.4 Å². The van der Waals surface area contributed by atoms with Gasteiger partial charge in [0, 0.05) is 11.1 Å². The van der Waals surface area contributed by atoms with Gasteiger partial charge in [-0.1, -0.05) is 76.2 Å². The van der Waals surface area contributed by atoms with Crippen molar-refractivity contribution in [2.45, 2.75) is 65.8 Å². The Morgan fingerprint density at radius 1 is 0.875 bits per heavy atom. The Hall–Kier alpha value is -3.61. The third kappa shape index (κ3) is 5.02. The molecule has 0 radical (unpaired) electrons. The van der Waals surface area contributed by atoms with Gasteiger partial charge in [0.05, 0.1) is 35.8 Å². The molecule has 0 aliphatic heterocycles. The summed E-state index contributed by atoms with van der Waals surface area (Å²) in [6.45, 7) is 14.1. The lowest BCUT2D eigenvalue weighted by atomic mass is 9.84. The van der Waals surface area contributed by atoms with E-state index in [1.165, 1.54) is 23.8 Å². The Morgan fingerprint density at radius 2 is 1.57 bits per heavy atom. The van der Waals surface area contributed by atoms with Crippen molar-refractivity contribution in [3.05, 3.63) is 94.5 Å². The first kappa shape index (κ1) is 27.9. The van der Waals surface area contributed by atoms with E-state index in [0.29, 0.717) is 18.8 Å². The van der Waals surface area contributed by atoms with Gasteiger partial charge in [0.2, 0.25) is 0 Å². The monoisotopic (exact) mass is 553 g/mol. The highest BCUT2D eigenvalue weighted by Crippen LogP contribution is 2.45. The topological polar surface area (TPSA) is 49.2 Å². The molecule has 208 valence electrons. The number of aromatic nitrogens is 1. The standard InChI is InChI=1S/C34H39NO4Si/c1-8-25-29(23-14-16-24(17-15-23)38-20-22-12-10-9-11-13-22)32-26(21-39-40(6)7)30(33(36)37-5)28-19-18-27(34(2,3)4)31(25)35(28)32/h9-19,40H,8,20-21H2,1-7H3. The van der Waals surface area contributed by atoms with Crippen LogP contribution < -0.4 is 4.74 Å². The number of esters is 1. The number of benzene rings is 2. The van der Waals surface area contributed by atoms with Crippen LogP contribution in [0.4, 0.5) is 0 Å². The maximum atomic E-state index is 13.2. The molecule has 5 aromatic rings. The summed E-state index contributed by atoms with van der Waals surface area (Å²) in [7, 11) is 0.100. The lowest BCUT2D eigenvalue weighted by Crippen LogP contribution is -2.13. The van der Waals surface area contributed by atoms with E-state index in [0.717, 1.165) is 45.5 Å². The summed E-state index contributed by atoms with van der Waals surface area (Å²) in [4.78, 5) is 13.2. The third-order valence-corrected chi connectivity index (χ3v) is 8.36. The zero-order valence-corrected chi connectivity index (χ0v) is 25.8. The summed E-state index contributed by atoms with van der Waals surface area (Å²) < 4.78 is 20.0. The lowest BCUT2D eigenvalue weighted by Gasteiger charge is -2.22. The van der Waals surface area contributed by atoms with Crippen LogP contribution in [0.2, 0.25) is 13.1 Å². The molecular formula is C34H39NO4Si. The fourth-order valence-corrected chi connectivity index (χ4v) is 6.15. The van der Waals surface area contributed by atoms with Crippen LogP contribution in [-0.2, 0) is 34.2 Å². The largest absolute Gasteiger partial charge is 0.489 e. The molecule has 0 bridgehead atoms. The van der Waals surface area contributed by atoms with E-state index in [9.17, 15) is 4.79 Å². The van der Waals surface area contributed by atoms with Gasteiger partial charge in [-0.15, -0.1) is 0 Å². The van der Waals surface area contributed by atoms with Crippen LogP contribution in [0.1, 0.15) is 60.3 Å². The zero-order valence-electron chi connectivity index (χ0n) is 24.6. The number of aryl methyl sites for hydroxylation is 1. The second kappa shape index (κ2) is 11.1. The molecule has 0 spiro atoms. The van der Waals surface area contributed by atoms with E-state index in [2.05, 4.69) is 81.6 Å². The van der Waals surface area contributed by atoms with Crippen LogP contribution in [0, 0.1) is 0 Å². The molecule has 0 atom stereocenters. The SMILES string of the molecule is CCc1c(-c2ccc(OCc3ccccc3)cc2)c2c(CO[SiH](C)C)c(C(=O)OC)c3ccc(C(C)(C)C)c1n32. The van der Waals surface area contributed by atoms with Gasteiger partial charge < -0.3 is 18.3 Å². The van der Waals surface area contributed by atoms with Crippen LogP contribution in [0.15, 0.2) is 66.7 Å². The van der Waals surface area contributed by atoms with Gasteiger partial charge in [0.1, 0.15) is 12.4 Å². The number of nitrogens with zero attached hydrogens (tertiary/aromatic N) is 1.